The summed E-state index contributed by atoms with van der Waals surface area (Å²) in [5, 5.41) is 6.87. The number of para-hydroxylation sites is 1. The molecule has 0 aliphatic carbocycles. The molecule has 1 atom stereocenters. The SMILES string of the molecule is CN=C(NCCCOCCOC)NC1CCN(c2ccccc2Br)C1.I. The summed E-state index contributed by atoms with van der Waals surface area (Å²) in [5.74, 6) is 0.857. The maximum atomic E-state index is 5.46. The molecule has 1 aliphatic heterocycles. The zero-order valence-electron chi connectivity index (χ0n) is 15.5. The molecule has 0 aromatic heterocycles. The monoisotopic (exact) mass is 540 g/mol. The average molecular weight is 541 g/mol. The van der Waals surface area contributed by atoms with Crippen molar-refractivity contribution in [1.82, 2.24) is 10.6 Å². The molecule has 2 rings (SSSR count). The second kappa shape index (κ2) is 13.6. The third-order valence-electron chi connectivity index (χ3n) is 4.14. The molecule has 1 aromatic carbocycles. The standard InChI is InChI=1S/C18H29BrN4O2.HI/c1-20-18(21-9-5-11-25-13-12-24-2)22-15-8-10-23(14-15)17-7-4-3-6-16(17)19;/h3-4,6-7,15H,5,8-14H2,1-2H3,(H2,20,21,22);1H. The third kappa shape index (κ3) is 7.98. The van der Waals surface area contributed by atoms with Crippen LogP contribution in [-0.4, -0.2) is 65.6 Å². The summed E-state index contributed by atoms with van der Waals surface area (Å²) in [6, 6.07) is 8.77. The van der Waals surface area contributed by atoms with Crippen molar-refractivity contribution in [1.29, 1.82) is 0 Å². The maximum absolute atomic E-state index is 5.46. The molecular weight excluding hydrogens is 511 g/mol. The third-order valence-corrected chi connectivity index (χ3v) is 4.81. The predicted octanol–water partition coefficient (Wildman–Crippen LogP) is 2.86. The number of aliphatic imine (C=N–C) groups is 1. The number of hydrogen-bond acceptors (Lipinski definition) is 4. The van der Waals surface area contributed by atoms with Gasteiger partial charge in [0.05, 0.1) is 18.9 Å². The number of rotatable bonds is 9. The van der Waals surface area contributed by atoms with Gasteiger partial charge in [-0.05, 0) is 40.9 Å². The summed E-state index contributed by atoms with van der Waals surface area (Å²) in [6.07, 6.45) is 2.04. The molecule has 1 saturated heterocycles. The highest BCUT2D eigenvalue weighted by Gasteiger charge is 2.24. The summed E-state index contributed by atoms with van der Waals surface area (Å²) in [4.78, 5) is 6.72. The van der Waals surface area contributed by atoms with Crippen molar-refractivity contribution < 1.29 is 9.47 Å². The molecule has 1 heterocycles. The topological polar surface area (TPSA) is 58.1 Å². The molecule has 26 heavy (non-hydrogen) atoms. The van der Waals surface area contributed by atoms with E-state index in [1.54, 1.807) is 7.11 Å². The van der Waals surface area contributed by atoms with Gasteiger partial charge >= 0.3 is 0 Å². The number of ether oxygens (including phenoxy) is 2. The lowest BCUT2D eigenvalue weighted by atomic mass is 10.2. The van der Waals surface area contributed by atoms with E-state index in [2.05, 4.69) is 54.7 Å². The molecule has 148 valence electrons. The Morgan fingerprint density at radius 2 is 2.12 bits per heavy atom. The number of nitrogens with zero attached hydrogens (tertiary/aromatic N) is 2. The van der Waals surface area contributed by atoms with E-state index >= 15 is 0 Å². The van der Waals surface area contributed by atoms with Crippen LogP contribution in [0.1, 0.15) is 12.8 Å². The van der Waals surface area contributed by atoms with Gasteiger partial charge in [0.1, 0.15) is 0 Å². The Morgan fingerprint density at radius 3 is 2.85 bits per heavy atom. The first-order chi connectivity index (χ1) is 12.2. The van der Waals surface area contributed by atoms with Crippen molar-refractivity contribution in [2.45, 2.75) is 18.9 Å². The number of methoxy groups -OCH3 is 1. The minimum absolute atomic E-state index is 0. The highest BCUT2D eigenvalue weighted by atomic mass is 127. The highest BCUT2D eigenvalue weighted by molar-refractivity contribution is 14.0. The molecule has 0 bridgehead atoms. The molecule has 0 saturated carbocycles. The second-order valence-corrected chi connectivity index (χ2v) is 6.84. The molecule has 0 radical (unpaired) electrons. The van der Waals surface area contributed by atoms with Crippen LogP contribution in [0.3, 0.4) is 0 Å². The van der Waals surface area contributed by atoms with Crippen LogP contribution < -0.4 is 15.5 Å². The van der Waals surface area contributed by atoms with Crippen LogP contribution in [0.15, 0.2) is 33.7 Å². The van der Waals surface area contributed by atoms with Crippen molar-refractivity contribution in [3.05, 3.63) is 28.7 Å². The number of halogens is 2. The minimum Gasteiger partial charge on any atom is -0.382 e. The van der Waals surface area contributed by atoms with Crippen LogP contribution in [0.4, 0.5) is 5.69 Å². The Morgan fingerprint density at radius 1 is 1.31 bits per heavy atom. The summed E-state index contributed by atoms with van der Waals surface area (Å²) in [5.41, 5.74) is 1.25. The van der Waals surface area contributed by atoms with E-state index < -0.39 is 0 Å². The molecule has 1 aliphatic rings. The number of anilines is 1. The van der Waals surface area contributed by atoms with E-state index in [0.717, 1.165) is 49.5 Å². The number of nitrogens with one attached hydrogen (secondary N) is 2. The van der Waals surface area contributed by atoms with E-state index in [4.69, 9.17) is 9.47 Å². The van der Waals surface area contributed by atoms with E-state index in [9.17, 15) is 0 Å². The van der Waals surface area contributed by atoms with Gasteiger partial charge in [0, 0.05) is 50.9 Å². The fourth-order valence-electron chi connectivity index (χ4n) is 2.82. The normalized spacial score (nSPS) is 17.1. The Hall–Kier alpha value is -0.580. The van der Waals surface area contributed by atoms with Crippen LogP contribution in [0.2, 0.25) is 0 Å². The Kier molecular flexibility index (Phi) is 12.2. The zero-order chi connectivity index (χ0) is 17.9. The van der Waals surface area contributed by atoms with Crippen LogP contribution >= 0.6 is 39.9 Å². The Labute approximate surface area is 182 Å². The van der Waals surface area contributed by atoms with E-state index in [0.29, 0.717) is 19.3 Å². The van der Waals surface area contributed by atoms with Gasteiger partial charge in [0.15, 0.2) is 5.96 Å². The van der Waals surface area contributed by atoms with E-state index in [-0.39, 0.29) is 24.0 Å². The van der Waals surface area contributed by atoms with Crippen LogP contribution in [0, 0.1) is 0 Å². The van der Waals surface area contributed by atoms with Crippen LogP contribution in [-0.2, 0) is 9.47 Å². The van der Waals surface area contributed by atoms with E-state index in [1.807, 2.05) is 13.1 Å². The number of hydrogen-bond donors (Lipinski definition) is 2. The van der Waals surface area contributed by atoms with Crippen molar-refractivity contribution in [3.8, 4) is 0 Å². The Balaban J connectivity index is 0.00000338. The minimum atomic E-state index is 0. The molecule has 2 N–H and O–H groups in total. The lowest BCUT2D eigenvalue weighted by Gasteiger charge is -2.21. The molecule has 1 unspecified atom stereocenters. The van der Waals surface area contributed by atoms with Crippen LogP contribution in [0.25, 0.3) is 0 Å². The van der Waals surface area contributed by atoms with Crippen molar-refractivity contribution in [2.24, 2.45) is 4.99 Å². The molecule has 0 amide bonds. The fourth-order valence-corrected chi connectivity index (χ4v) is 3.35. The fraction of sp³-hybridized carbons (Fsp3) is 0.611. The molecule has 6 nitrogen and oxygen atoms in total. The first-order valence-electron chi connectivity index (χ1n) is 8.78. The van der Waals surface area contributed by atoms with Crippen molar-refractivity contribution in [2.75, 3.05) is 58.5 Å². The highest BCUT2D eigenvalue weighted by Crippen LogP contribution is 2.28. The van der Waals surface area contributed by atoms with Crippen molar-refractivity contribution >= 4 is 51.6 Å². The second-order valence-electron chi connectivity index (χ2n) is 5.99. The first-order valence-corrected chi connectivity index (χ1v) is 9.57. The molecule has 0 spiro atoms. The van der Waals surface area contributed by atoms with Gasteiger partial charge < -0.3 is 25.0 Å². The molecule has 1 fully saturated rings. The average Bonchev–Trinajstić information content (AvgIpc) is 3.08. The lowest BCUT2D eigenvalue weighted by Crippen LogP contribution is -2.45. The van der Waals surface area contributed by atoms with Crippen LogP contribution in [0.5, 0.6) is 0 Å². The van der Waals surface area contributed by atoms with Gasteiger partial charge in [-0.25, -0.2) is 0 Å². The largest absolute Gasteiger partial charge is 0.382 e. The van der Waals surface area contributed by atoms with Gasteiger partial charge in [-0.15, -0.1) is 24.0 Å². The molecule has 1 aromatic rings. The smallest absolute Gasteiger partial charge is 0.191 e. The summed E-state index contributed by atoms with van der Waals surface area (Å²) < 4.78 is 11.6. The molecular formula is C18H30BrIN4O2. The van der Waals surface area contributed by atoms with E-state index in [1.165, 1.54) is 5.69 Å². The summed E-state index contributed by atoms with van der Waals surface area (Å²) >= 11 is 3.64. The lowest BCUT2D eigenvalue weighted by molar-refractivity contribution is 0.0698. The van der Waals surface area contributed by atoms with Gasteiger partial charge in [-0.2, -0.15) is 0 Å². The van der Waals surface area contributed by atoms with Gasteiger partial charge in [-0.3, -0.25) is 4.99 Å². The Bertz CT molecular complexity index is 548. The van der Waals surface area contributed by atoms with Crippen molar-refractivity contribution in [3.63, 3.8) is 0 Å². The predicted molar refractivity (Wildman–Crippen MR) is 122 cm³/mol. The van der Waals surface area contributed by atoms with Gasteiger partial charge in [0.25, 0.3) is 0 Å². The van der Waals surface area contributed by atoms with Gasteiger partial charge in [-0.1, -0.05) is 12.1 Å². The zero-order valence-corrected chi connectivity index (χ0v) is 19.5. The quantitative estimate of drug-likeness (QED) is 0.218. The maximum Gasteiger partial charge on any atom is 0.191 e. The first kappa shape index (κ1) is 23.5. The van der Waals surface area contributed by atoms with Gasteiger partial charge in [0.2, 0.25) is 0 Å². The number of guanidine groups is 1. The summed E-state index contributed by atoms with van der Waals surface area (Å²) in [6.45, 7) is 4.89. The summed E-state index contributed by atoms with van der Waals surface area (Å²) in [7, 11) is 3.49. The number of benzene rings is 1. The molecule has 8 heteroatoms.